The Labute approximate surface area is 140 Å². The second-order valence-electron chi connectivity index (χ2n) is 4.72. The van der Waals surface area contributed by atoms with Gasteiger partial charge in [0.25, 0.3) is 0 Å². The van der Waals surface area contributed by atoms with Crippen LogP contribution < -0.4 is 0 Å². The van der Waals surface area contributed by atoms with Crippen LogP contribution in [0.25, 0.3) is 10.9 Å². The first-order chi connectivity index (χ1) is 9.72. The Kier molecular flexibility index (Phi) is 4.36. The first-order valence-electron chi connectivity index (χ1n) is 6.46. The molecular formula is C17H13BrIN. The van der Waals surface area contributed by atoms with Crippen molar-refractivity contribution in [3.63, 3.8) is 0 Å². The van der Waals surface area contributed by atoms with Crippen molar-refractivity contribution in [1.29, 1.82) is 0 Å². The normalized spacial score (nSPS) is 12.5. The van der Waals surface area contributed by atoms with Crippen molar-refractivity contribution >= 4 is 49.4 Å². The first kappa shape index (κ1) is 14.0. The van der Waals surface area contributed by atoms with Crippen molar-refractivity contribution in [2.45, 2.75) is 11.2 Å². The minimum atomic E-state index is 0.297. The van der Waals surface area contributed by atoms with Gasteiger partial charge >= 0.3 is 0 Å². The molecule has 0 aliphatic heterocycles. The molecule has 0 aliphatic carbocycles. The van der Waals surface area contributed by atoms with Gasteiger partial charge in [-0.05, 0) is 52.4 Å². The van der Waals surface area contributed by atoms with Gasteiger partial charge in [0.2, 0.25) is 0 Å². The van der Waals surface area contributed by atoms with Crippen molar-refractivity contribution in [2.24, 2.45) is 0 Å². The summed E-state index contributed by atoms with van der Waals surface area (Å²) in [6.07, 6.45) is 0.894. The summed E-state index contributed by atoms with van der Waals surface area (Å²) in [7, 11) is 0. The number of hydrogen-bond acceptors (Lipinski definition) is 1. The minimum absolute atomic E-state index is 0.297. The smallest absolute Gasteiger partial charge is 0.0705 e. The third-order valence-electron chi connectivity index (χ3n) is 3.25. The van der Waals surface area contributed by atoms with Gasteiger partial charge in [-0.3, -0.25) is 4.98 Å². The highest BCUT2D eigenvalue weighted by molar-refractivity contribution is 14.1. The molecule has 0 saturated carbocycles. The van der Waals surface area contributed by atoms with Gasteiger partial charge in [-0.25, -0.2) is 0 Å². The SMILES string of the molecule is BrC(Cc1ccc2ccccc2n1)c1cccc(I)c1. The molecule has 1 aromatic heterocycles. The summed E-state index contributed by atoms with van der Waals surface area (Å²) in [5.74, 6) is 0. The van der Waals surface area contributed by atoms with Gasteiger partial charge in [-0.2, -0.15) is 0 Å². The molecule has 0 saturated heterocycles. The number of aromatic nitrogens is 1. The lowest BCUT2D eigenvalue weighted by atomic mass is 10.1. The van der Waals surface area contributed by atoms with Gasteiger partial charge < -0.3 is 0 Å². The third-order valence-corrected chi connectivity index (χ3v) is 4.78. The van der Waals surface area contributed by atoms with Crippen LogP contribution in [0, 0.1) is 3.57 Å². The molecule has 0 radical (unpaired) electrons. The van der Waals surface area contributed by atoms with Gasteiger partial charge in [0, 0.05) is 25.9 Å². The molecule has 1 atom stereocenters. The third kappa shape index (κ3) is 3.20. The van der Waals surface area contributed by atoms with Crippen molar-refractivity contribution in [1.82, 2.24) is 4.98 Å². The average Bonchev–Trinajstić information content (AvgIpc) is 2.47. The topological polar surface area (TPSA) is 12.9 Å². The molecule has 3 aromatic rings. The lowest BCUT2D eigenvalue weighted by Crippen LogP contribution is -1.98. The fraction of sp³-hybridized carbons (Fsp3) is 0.118. The second-order valence-corrected chi connectivity index (χ2v) is 7.07. The van der Waals surface area contributed by atoms with E-state index in [2.05, 4.69) is 87.1 Å². The number of halogens is 2. The number of benzene rings is 2. The maximum Gasteiger partial charge on any atom is 0.0705 e. The Morgan fingerprint density at radius 1 is 1.00 bits per heavy atom. The van der Waals surface area contributed by atoms with Crippen molar-refractivity contribution < 1.29 is 0 Å². The molecule has 3 heteroatoms. The van der Waals surface area contributed by atoms with Crippen LogP contribution in [-0.4, -0.2) is 4.98 Å². The molecule has 0 fully saturated rings. The predicted molar refractivity (Wildman–Crippen MR) is 96.3 cm³/mol. The van der Waals surface area contributed by atoms with Crippen LogP contribution in [0.5, 0.6) is 0 Å². The summed E-state index contributed by atoms with van der Waals surface area (Å²) in [4.78, 5) is 5.03. The Bertz CT molecular complexity index is 742. The van der Waals surface area contributed by atoms with E-state index in [-0.39, 0.29) is 0 Å². The molecule has 0 spiro atoms. The molecule has 2 aromatic carbocycles. The Morgan fingerprint density at radius 2 is 1.85 bits per heavy atom. The molecule has 1 nitrogen and oxygen atoms in total. The van der Waals surface area contributed by atoms with Gasteiger partial charge in [0.15, 0.2) is 0 Å². The van der Waals surface area contributed by atoms with Crippen LogP contribution in [0.4, 0.5) is 0 Å². The molecule has 100 valence electrons. The second kappa shape index (κ2) is 6.22. The molecule has 1 heterocycles. The summed E-state index contributed by atoms with van der Waals surface area (Å²) < 4.78 is 1.26. The number of alkyl halides is 1. The summed E-state index contributed by atoms with van der Waals surface area (Å²) in [6.45, 7) is 0. The monoisotopic (exact) mass is 437 g/mol. The van der Waals surface area contributed by atoms with Crippen LogP contribution in [0.3, 0.4) is 0 Å². The molecule has 0 N–H and O–H groups in total. The molecule has 0 bridgehead atoms. The van der Waals surface area contributed by atoms with E-state index in [4.69, 9.17) is 4.98 Å². The molecular weight excluding hydrogens is 425 g/mol. The highest BCUT2D eigenvalue weighted by Gasteiger charge is 2.10. The van der Waals surface area contributed by atoms with Crippen LogP contribution in [0.15, 0.2) is 60.7 Å². The summed E-state index contributed by atoms with van der Waals surface area (Å²) >= 11 is 6.12. The number of rotatable bonds is 3. The molecule has 20 heavy (non-hydrogen) atoms. The van der Waals surface area contributed by atoms with E-state index in [0.29, 0.717) is 4.83 Å². The predicted octanol–water partition coefficient (Wildman–Crippen LogP) is 5.52. The lowest BCUT2D eigenvalue weighted by molar-refractivity contribution is 0.912. The van der Waals surface area contributed by atoms with E-state index in [1.165, 1.54) is 14.5 Å². The standard InChI is InChI=1S/C17H13BrIN/c18-16(13-5-3-6-14(19)10-13)11-15-9-8-12-4-1-2-7-17(12)20-15/h1-10,16H,11H2. The number of fused-ring (bicyclic) bond motifs is 1. The zero-order valence-electron chi connectivity index (χ0n) is 10.8. The van der Waals surface area contributed by atoms with E-state index in [9.17, 15) is 0 Å². The van der Waals surface area contributed by atoms with Crippen LogP contribution >= 0.6 is 38.5 Å². The minimum Gasteiger partial charge on any atom is -0.253 e. The Balaban J connectivity index is 1.85. The van der Waals surface area contributed by atoms with Gasteiger partial charge in [-0.15, -0.1) is 0 Å². The van der Waals surface area contributed by atoms with Crippen LogP contribution in [-0.2, 0) is 6.42 Å². The van der Waals surface area contributed by atoms with Crippen molar-refractivity contribution in [3.8, 4) is 0 Å². The van der Waals surface area contributed by atoms with E-state index in [0.717, 1.165) is 17.6 Å². The molecule has 3 rings (SSSR count). The van der Waals surface area contributed by atoms with Gasteiger partial charge in [-0.1, -0.05) is 52.3 Å². The summed E-state index contributed by atoms with van der Waals surface area (Å²) in [6, 6.07) is 21.1. The maximum atomic E-state index is 4.73. The Hall–Kier alpha value is -0.940. The summed E-state index contributed by atoms with van der Waals surface area (Å²) in [5.41, 5.74) is 3.48. The number of pyridine rings is 1. The van der Waals surface area contributed by atoms with Crippen LogP contribution in [0.1, 0.15) is 16.1 Å². The highest BCUT2D eigenvalue weighted by Crippen LogP contribution is 2.28. The van der Waals surface area contributed by atoms with Crippen molar-refractivity contribution in [2.75, 3.05) is 0 Å². The first-order valence-corrected chi connectivity index (χ1v) is 8.46. The van der Waals surface area contributed by atoms with E-state index in [1.54, 1.807) is 0 Å². The fourth-order valence-electron chi connectivity index (χ4n) is 2.22. The molecule has 0 amide bonds. The van der Waals surface area contributed by atoms with Gasteiger partial charge in [0.1, 0.15) is 0 Å². The number of para-hydroxylation sites is 1. The lowest BCUT2D eigenvalue weighted by Gasteiger charge is -2.11. The fourth-order valence-corrected chi connectivity index (χ4v) is 3.41. The number of hydrogen-bond donors (Lipinski definition) is 0. The summed E-state index contributed by atoms with van der Waals surface area (Å²) in [5, 5.41) is 1.19. The maximum absolute atomic E-state index is 4.73. The Morgan fingerprint density at radius 3 is 2.70 bits per heavy atom. The molecule has 1 unspecified atom stereocenters. The zero-order valence-corrected chi connectivity index (χ0v) is 14.5. The van der Waals surface area contributed by atoms with Crippen molar-refractivity contribution in [3.05, 3.63) is 75.5 Å². The highest BCUT2D eigenvalue weighted by atomic mass is 127. The quantitative estimate of drug-likeness (QED) is 0.388. The largest absolute Gasteiger partial charge is 0.253 e. The number of nitrogens with zero attached hydrogens (tertiary/aromatic N) is 1. The van der Waals surface area contributed by atoms with Crippen LogP contribution in [0.2, 0.25) is 0 Å². The van der Waals surface area contributed by atoms with E-state index in [1.807, 2.05) is 12.1 Å². The average molecular weight is 438 g/mol. The molecule has 0 aliphatic rings. The van der Waals surface area contributed by atoms with E-state index >= 15 is 0 Å². The zero-order chi connectivity index (χ0) is 13.9. The van der Waals surface area contributed by atoms with Gasteiger partial charge in [0.05, 0.1) is 5.52 Å². The van der Waals surface area contributed by atoms with E-state index < -0.39 is 0 Å².